The molecule has 4 rings (SSSR count). The number of hydrogen-bond donors (Lipinski definition) is 1. The Hall–Kier alpha value is -2.95. The van der Waals surface area contributed by atoms with Crippen LogP contribution in [0.25, 0.3) is 0 Å². The fourth-order valence-electron chi connectivity index (χ4n) is 4.43. The quantitative estimate of drug-likeness (QED) is 0.786. The second-order valence-corrected chi connectivity index (χ2v) is 8.44. The van der Waals surface area contributed by atoms with E-state index in [0.717, 1.165) is 30.5 Å². The third-order valence-electron chi connectivity index (χ3n) is 6.34. The van der Waals surface area contributed by atoms with Gasteiger partial charge in [0, 0.05) is 11.3 Å². The minimum absolute atomic E-state index is 0.0979. The summed E-state index contributed by atoms with van der Waals surface area (Å²) in [5, 5.41) is 2.89. The zero-order chi connectivity index (χ0) is 20.7. The maximum absolute atomic E-state index is 12.8. The van der Waals surface area contributed by atoms with Gasteiger partial charge in [-0.05, 0) is 86.6 Å². The number of carbonyl (C=O) groups is 3. The lowest BCUT2D eigenvalue weighted by atomic mass is 9.76. The first-order valence-electron chi connectivity index (χ1n) is 10.2. The van der Waals surface area contributed by atoms with Crippen molar-refractivity contribution in [2.45, 2.75) is 40.0 Å². The van der Waals surface area contributed by atoms with Crippen LogP contribution >= 0.6 is 0 Å². The molecule has 0 spiro atoms. The molecule has 150 valence electrons. The molecule has 5 heteroatoms. The van der Waals surface area contributed by atoms with Gasteiger partial charge in [-0.2, -0.15) is 0 Å². The number of fused-ring (bicyclic) bond motifs is 1. The molecule has 1 N–H and O–H groups in total. The lowest BCUT2D eigenvalue weighted by Gasteiger charge is -2.25. The second kappa shape index (κ2) is 7.47. The number of anilines is 2. The van der Waals surface area contributed by atoms with Crippen LogP contribution in [-0.4, -0.2) is 17.7 Å². The van der Waals surface area contributed by atoms with Gasteiger partial charge in [-0.1, -0.05) is 13.0 Å². The number of carbonyl (C=O) groups excluding carboxylic acids is 3. The van der Waals surface area contributed by atoms with Crippen LogP contribution in [0.2, 0.25) is 0 Å². The fraction of sp³-hybridized carbons (Fsp3) is 0.375. The smallest absolute Gasteiger partial charge is 0.255 e. The van der Waals surface area contributed by atoms with E-state index in [-0.39, 0.29) is 29.6 Å². The highest BCUT2D eigenvalue weighted by molar-refractivity contribution is 6.22. The Bertz CT molecular complexity index is 980. The standard InChI is InChI=1S/C24H26N2O3/c1-14-4-11-20-21(12-14)24(29)26(23(20)28)19-9-6-17(7-10-19)22(27)25-18-8-5-15(2)16(3)13-18/h5-10,13-14,20-21H,4,11-12H2,1-3H3,(H,25,27)/t14-,20-,21-/m0/s1. The molecule has 0 radical (unpaired) electrons. The van der Waals surface area contributed by atoms with Crippen LogP contribution in [0.5, 0.6) is 0 Å². The van der Waals surface area contributed by atoms with Gasteiger partial charge in [-0.25, -0.2) is 0 Å². The van der Waals surface area contributed by atoms with Gasteiger partial charge >= 0.3 is 0 Å². The normalized spacial score (nSPS) is 23.8. The van der Waals surface area contributed by atoms with E-state index in [0.29, 0.717) is 17.2 Å². The first kappa shape index (κ1) is 19.4. The van der Waals surface area contributed by atoms with Crippen LogP contribution in [0.15, 0.2) is 42.5 Å². The zero-order valence-electron chi connectivity index (χ0n) is 17.1. The summed E-state index contributed by atoms with van der Waals surface area (Å²) < 4.78 is 0. The van der Waals surface area contributed by atoms with E-state index in [1.165, 1.54) is 10.5 Å². The first-order chi connectivity index (χ1) is 13.8. The molecule has 2 aromatic rings. The van der Waals surface area contributed by atoms with Crippen LogP contribution in [0.3, 0.4) is 0 Å². The van der Waals surface area contributed by atoms with E-state index in [2.05, 4.69) is 12.2 Å². The van der Waals surface area contributed by atoms with Gasteiger partial charge in [-0.15, -0.1) is 0 Å². The Morgan fingerprint density at radius 3 is 2.31 bits per heavy atom. The molecular formula is C24H26N2O3. The average molecular weight is 390 g/mol. The van der Waals surface area contributed by atoms with Crippen molar-refractivity contribution in [1.82, 2.24) is 0 Å². The molecule has 3 amide bonds. The van der Waals surface area contributed by atoms with Gasteiger partial charge in [0.25, 0.3) is 5.91 Å². The maximum Gasteiger partial charge on any atom is 0.255 e. The SMILES string of the molecule is Cc1ccc(NC(=O)c2ccc(N3C(=O)[C@H]4CC[C@H](C)C[C@@H]4C3=O)cc2)cc1C. The predicted octanol–water partition coefficient (Wildman–Crippen LogP) is 4.48. The molecule has 0 bridgehead atoms. The number of amides is 3. The van der Waals surface area contributed by atoms with Gasteiger partial charge in [0.2, 0.25) is 11.8 Å². The van der Waals surface area contributed by atoms with E-state index < -0.39 is 0 Å². The monoisotopic (exact) mass is 390 g/mol. The molecular weight excluding hydrogens is 364 g/mol. The minimum atomic E-state index is -0.221. The summed E-state index contributed by atoms with van der Waals surface area (Å²) >= 11 is 0. The summed E-state index contributed by atoms with van der Waals surface area (Å²) in [4.78, 5) is 39.5. The lowest BCUT2D eigenvalue weighted by Crippen LogP contribution is -2.30. The van der Waals surface area contributed by atoms with Gasteiger partial charge < -0.3 is 5.32 Å². The number of nitrogens with zero attached hydrogens (tertiary/aromatic N) is 1. The van der Waals surface area contributed by atoms with Crippen molar-refractivity contribution in [1.29, 1.82) is 0 Å². The van der Waals surface area contributed by atoms with Crippen molar-refractivity contribution in [3.05, 3.63) is 59.2 Å². The predicted molar refractivity (Wildman–Crippen MR) is 113 cm³/mol. The number of nitrogens with one attached hydrogen (secondary N) is 1. The number of hydrogen-bond acceptors (Lipinski definition) is 3. The summed E-state index contributed by atoms with van der Waals surface area (Å²) in [6.45, 7) is 6.17. The number of rotatable bonds is 3. The van der Waals surface area contributed by atoms with Crippen LogP contribution in [0, 0.1) is 31.6 Å². The third kappa shape index (κ3) is 3.57. The molecule has 0 aromatic heterocycles. The Morgan fingerprint density at radius 2 is 1.62 bits per heavy atom. The van der Waals surface area contributed by atoms with Gasteiger partial charge in [0.15, 0.2) is 0 Å². The fourth-order valence-corrected chi connectivity index (χ4v) is 4.43. The molecule has 1 saturated heterocycles. The largest absolute Gasteiger partial charge is 0.322 e. The summed E-state index contributed by atoms with van der Waals surface area (Å²) in [5.41, 5.74) is 4.05. The van der Waals surface area contributed by atoms with Crippen LogP contribution in [0.4, 0.5) is 11.4 Å². The Labute approximate surface area is 171 Å². The number of imide groups is 1. The van der Waals surface area contributed by atoms with Gasteiger partial charge in [0.1, 0.15) is 0 Å². The Balaban J connectivity index is 1.50. The maximum atomic E-state index is 12.8. The zero-order valence-corrected chi connectivity index (χ0v) is 17.1. The van der Waals surface area contributed by atoms with Gasteiger partial charge in [-0.3, -0.25) is 19.3 Å². The van der Waals surface area contributed by atoms with Crippen LogP contribution in [0.1, 0.15) is 47.7 Å². The minimum Gasteiger partial charge on any atom is -0.322 e. The van der Waals surface area contributed by atoms with E-state index in [4.69, 9.17) is 0 Å². The highest BCUT2D eigenvalue weighted by Crippen LogP contribution is 2.42. The van der Waals surface area contributed by atoms with E-state index >= 15 is 0 Å². The molecule has 3 atom stereocenters. The molecule has 1 saturated carbocycles. The molecule has 5 nitrogen and oxygen atoms in total. The van der Waals surface area contributed by atoms with Gasteiger partial charge in [0.05, 0.1) is 17.5 Å². The average Bonchev–Trinajstić information content (AvgIpc) is 2.94. The molecule has 1 heterocycles. The highest BCUT2D eigenvalue weighted by atomic mass is 16.2. The molecule has 1 aliphatic heterocycles. The molecule has 0 unspecified atom stereocenters. The second-order valence-electron chi connectivity index (χ2n) is 8.44. The van der Waals surface area contributed by atoms with E-state index in [1.807, 2.05) is 32.0 Å². The first-order valence-corrected chi connectivity index (χ1v) is 10.2. The van der Waals surface area contributed by atoms with Crippen LogP contribution in [-0.2, 0) is 9.59 Å². The molecule has 2 aliphatic rings. The highest BCUT2D eigenvalue weighted by Gasteiger charge is 2.49. The third-order valence-corrected chi connectivity index (χ3v) is 6.34. The van der Waals surface area contributed by atoms with E-state index in [1.54, 1.807) is 24.3 Å². The molecule has 29 heavy (non-hydrogen) atoms. The summed E-state index contributed by atoms with van der Waals surface area (Å²) in [7, 11) is 0. The molecule has 2 fully saturated rings. The Kier molecular flexibility index (Phi) is 4.99. The molecule has 1 aliphatic carbocycles. The van der Waals surface area contributed by atoms with Crippen molar-refractivity contribution in [2.75, 3.05) is 10.2 Å². The van der Waals surface area contributed by atoms with Crippen molar-refractivity contribution in [2.24, 2.45) is 17.8 Å². The van der Waals surface area contributed by atoms with Crippen LogP contribution < -0.4 is 10.2 Å². The topological polar surface area (TPSA) is 66.5 Å². The summed E-state index contributed by atoms with van der Waals surface area (Å²) in [6, 6.07) is 12.5. The van der Waals surface area contributed by atoms with Crippen molar-refractivity contribution < 1.29 is 14.4 Å². The summed E-state index contributed by atoms with van der Waals surface area (Å²) in [5.74, 6) is -0.325. The summed E-state index contributed by atoms with van der Waals surface area (Å²) in [6.07, 6.45) is 2.55. The van der Waals surface area contributed by atoms with Crippen molar-refractivity contribution in [3.8, 4) is 0 Å². The number of benzene rings is 2. The van der Waals surface area contributed by atoms with E-state index in [9.17, 15) is 14.4 Å². The Morgan fingerprint density at radius 1 is 0.931 bits per heavy atom. The van der Waals surface area contributed by atoms with Crippen molar-refractivity contribution in [3.63, 3.8) is 0 Å². The lowest BCUT2D eigenvalue weighted by molar-refractivity contribution is -0.122. The molecule has 2 aromatic carbocycles. The van der Waals surface area contributed by atoms with Crippen molar-refractivity contribution >= 4 is 29.1 Å². The number of aryl methyl sites for hydroxylation is 2.